The molecule has 0 saturated carbocycles. The fourth-order valence-electron chi connectivity index (χ4n) is 3.74. The van der Waals surface area contributed by atoms with Crippen molar-refractivity contribution in [3.05, 3.63) is 0 Å². The van der Waals surface area contributed by atoms with E-state index in [0.717, 1.165) is 25.0 Å². The summed E-state index contributed by atoms with van der Waals surface area (Å²) in [4.78, 5) is 48.3. The molecule has 13 nitrogen and oxygen atoms in total. The van der Waals surface area contributed by atoms with E-state index in [4.69, 9.17) is 46.6 Å². The lowest BCUT2D eigenvalue weighted by Crippen LogP contribution is -2.62. The van der Waals surface area contributed by atoms with E-state index in [9.17, 15) is 19.2 Å². The lowest BCUT2D eigenvalue weighted by atomic mass is 9.99. The lowest BCUT2D eigenvalue weighted by molar-refractivity contribution is -0.238. The number of hydrogen-bond donors (Lipinski definition) is 4. The van der Waals surface area contributed by atoms with E-state index in [2.05, 4.69) is 6.92 Å². The van der Waals surface area contributed by atoms with Crippen LogP contribution in [-0.4, -0.2) is 92.3 Å². The molecular weight excluding hydrogens is 552 g/mol. The molecule has 0 amide bonds. The Bertz CT molecular complexity index is 750. The first-order chi connectivity index (χ1) is 18.8. The van der Waals surface area contributed by atoms with Gasteiger partial charge >= 0.3 is 23.9 Å². The number of carbonyl (C=O) groups excluding carboxylic acids is 4. The number of carbonyl (C=O) groups is 4. The molecule has 0 bridgehead atoms. The minimum absolute atomic E-state index is 0.369. The summed E-state index contributed by atoms with van der Waals surface area (Å²) in [6, 6.07) is 0. The van der Waals surface area contributed by atoms with Crippen molar-refractivity contribution < 1.29 is 42.9 Å². The van der Waals surface area contributed by atoms with Crippen molar-refractivity contribution >= 4 is 45.5 Å². The van der Waals surface area contributed by atoms with Gasteiger partial charge in [0.2, 0.25) is 0 Å². The van der Waals surface area contributed by atoms with Crippen LogP contribution in [0.15, 0.2) is 0 Å². The topological polar surface area (TPSA) is 219 Å². The number of hydrogen-bond acceptors (Lipinski definition) is 15. The summed E-state index contributed by atoms with van der Waals surface area (Å²) in [5.74, 6) is -2.39. The van der Waals surface area contributed by atoms with Crippen molar-refractivity contribution in [1.29, 1.82) is 0 Å². The molecule has 0 radical (unpaired) electrons. The molecule has 226 valence electrons. The van der Waals surface area contributed by atoms with Gasteiger partial charge in [0.1, 0.15) is 12.7 Å². The maximum absolute atomic E-state index is 12.2. The van der Waals surface area contributed by atoms with Crippen LogP contribution in [0.3, 0.4) is 0 Å². The second kappa shape index (κ2) is 21.2. The number of rotatable bonds is 20. The second-order valence-electron chi connectivity index (χ2n) is 8.80. The third-order valence-electron chi connectivity index (χ3n) is 5.71. The Morgan fingerprint density at radius 2 is 1.15 bits per heavy atom. The molecule has 0 aromatic carbocycles. The Balaban J connectivity index is 3.01. The predicted molar refractivity (Wildman–Crippen MR) is 148 cm³/mol. The van der Waals surface area contributed by atoms with Gasteiger partial charge in [-0.2, -0.15) is 0 Å². The van der Waals surface area contributed by atoms with Crippen LogP contribution in [0.25, 0.3) is 0 Å². The zero-order chi connectivity index (χ0) is 29.0. The Morgan fingerprint density at radius 3 is 1.69 bits per heavy atom. The van der Waals surface area contributed by atoms with Crippen LogP contribution in [-0.2, 0) is 42.9 Å². The highest BCUT2D eigenvalue weighted by atomic mass is 33.1. The number of ether oxygens (including phenoxy) is 5. The molecule has 1 heterocycles. The van der Waals surface area contributed by atoms with E-state index in [0.29, 0.717) is 0 Å². The highest BCUT2D eigenvalue weighted by molar-refractivity contribution is 8.76. The highest BCUT2D eigenvalue weighted by Crippen LogP contribution is 2.39. The zero-order valence-corrected chi connectivity index (χ0v) is 24.2. The van der Waals surface area contributed by atoms with Gasteiger partial charge in [0.05, 0.1) is 26.2 Å². The predicted octanol–water partition coefficient (Wildman–Crippen LogP) is 0.347. The van der Waals surface area contributed by atoms with Crippen LogP contribution in [0.2, 0.25) is 0 Å². The summed E-state index contributed by atoms with van der Waals surface area (Å²) in [7, 11) is 2.76. The SMILES string of the molecule is CCCCCCCCCCSSC1O[C@H](COC(=O)CN)[C@@H](OC(=O)CN)[C@H](OC(=O)CN)[C@H]1OC(=O)CN. The first kappa shape index (κ1) is 35.4. The van der Waals surface area contributed by atoms with Crippen molar-refractivity contribution in [3.63, 3.8) is 0 Å². The molecule has 0 spiro atoms. The number of nitrogens with two attached hydrogens (primary N) is 4. The minimum atomic E-state index is -1.33. The third kappa shape index (κ3) is 14.0. The van der Waals surface area contributed by atoms with Crippen LogP contribution in [0.1, 0.15) is 58.3 Å². The normalized spacial score (nSPS) is 22.6. The molecule has 1 aliphatic heterocycles. The van der Waals surface area contributed by atoms with E-state index >= 15 is 0 Å². The van der Waals surface area contributed by atoms with Gasteiger partial charge in [-0.05, 0) is 6.42 Å². The summed E-state index contributed by atoms with van der Waals surface area (Å²) < 4.78 is 27.6. The van der Waals surface area contributed by atoms with Gasteiger partial charge in [0, 0.05) is 5.75 Å². The molecule has 15 heteroatoms. The minimum Gasteiger partial charge on any atom is -0.462 e. The van der Waals surface area contributed by atoms with E-state index < -0.39 is 73.4 Å². The monoisotopic (exact) mass is 596 g/mol. The standard InChI is InChI=1S/C24H44N4O9S2/c1-2-3-4-5-6-7-8-9-10-38-39-24-23(37-20(32)14-28)22(36-19(31)13-27)21(35-18(30)12-26)16(34-24)15-33-17(29)11-25/h16,21-24H,2-15,25-28H2,1H3/t16-,21-,22+,23-,24?/m1/s1. The molecule has 1 fully saturated rings. The molecule has 5 atom stereocenters. The molecule has 8 N–H and O–H groups in total. The van der Waals surface area contributed by atoms with Gasteiger partial charge in [0.15, 0.2) is 23.7 Å². The zero-order valence-electron chi connectivity index (χ0n) is 22.6. The smallest absolute Gasteiger partial charge is 0.320 e. The molecule has 0 aliphatic carbocycles. The summed E-state index contributed by atoms with van der Waals surface area (Å²) in [6.45, 7) is 0.0370. The van der Waals surface area contributed by atoms with Crippen molar-refractivity contribution in [3.8, 4) is 0 Å². The van der Waals surface area contributed by atoms with Gasteiger partial charge < -0.3 is 46.6 Å². The molecule has 1 rings (SSSR count). The van der Waals surface area contributed by atoms with Gasteiger partial charge in [-0.25, -0.2) is 0 Å². The molecular formula is C24H44N4O9S2. The van der Waals surface area contributed by atoms with Crippen molar-refractivity contribution in [2.75, 3.05) is 38.5 Å². The summed E-state index contributed by atoms with van der Waals surface area (Å²) in [6.07, 6.45) is 4.49. The largest absolute Gasteiger partial charge is 0.462 e. The van der Waals surface area contributed by atoms with Crippen LogP contribution in [0.4, 0.5) is 0 Å². The van der Waals surface area contributed by atoms with Crippen molar-refractivity contribution in [2.45, 2.75) is 88.1 Å². The second-order valence-corrected chi connectivity index (χ2v) is 11.4. The first-order valence-electron chi connectivity index (χ1n) is 13.3. The first-order valence-corrected chi connectivity index (χ1v) is 15.7. The molecule has 1 unspecified atom stereocenters. The Labute approximate surface area is 237 Å². The Hall–Kier alpha value is -1.62. The number of unbranched alkanes of at least 4 members (excludes halogenated alkanes) is 7. The molecule has 0 aromatic rings. The van der Waals surface area contributed by atoms with Gasteiger partial charge in [-0.3, -0.25) is 19.2 Å². The van der Waals surface area contributed by atoms with E-state index in [-0.39, 0.29) is 13.2 Å². The maximum atomic E-state index is 12.2. The van der Waals surface area contributed by atoms with Crippen LogP contribution in [0, 0.1) is 0 Å². The van der Waals surface area contributed by atoms with Gasteiger partial charge in [-0.15, -0.1) is 0 Å². The molecule has 1 saturated heterocycles. The van der Waals surface area contributed by atoms with E-state index in [1.54, 1.807) is 0 Å². The molecule has 39 heavy (non-hydrogen) atoms. The maximum Gasteiger partial charge on any atom is 0.320 e. The van der Waals surface area contributed by atoms with Crippen molar-refractivity contribution in [2.24, 2.45) is 22.9 Å². The third-order valence-corrected chi connectivity index (χ3v) is 8.35. The fourth-order valence-corrected chi connectivity index (χ4v) is 6.31. The quantitative estimate of drug-likeness (QED) is 0.0644. The highest BCUT2D eigenvalue weighted by Gasteiger charge is 2.52. The molecule has 1 aliphatic rings. The Kier molecular flexibility index (Phi) is 19.2. The van der Waals surface area contributed by atoms with Crippen LogP contribution < -0.4 is 22.9 Å². The Morgan fingerprint density at radius 1 is 0.667 bits per heavy atom. The summed E-state index contributed by atoms with van der Waals surface area (Å²) >= 11 is 0. The average Bonchev–Trinajstić information content (AvgIpc) is 2.94. The van der Waals surface area contributed by atoms with Crippen LogP contribution in [0.5, 0.6) is 0 Å². The van der Waals surface area contributed by atoms with Crippen LogP contribution >= 0.6 is 21.6 Å². The summed E-state index contributed by atoms with van der Waals surface area (Å²) in [5.41, 5.74) is 20.7. The average molecular weight is 597 g/mol. The summed E-state index contributed by atoms with van der Waals surface area (Å²) in [5, 5.41) is 0. The van der Waals surface area contributed by atoms with Crippen molar-refractivity contribution in [1.82, 2.24) is 0 Å². The van der Waals surface area contributed by atoms with Gasteiger partial charge in [-0.1, -0.05) is 73.5 Å². The van der Waals surface area contributed by atoms with Gasteiger partial charge in [0.25, 0.3) is 0 Å². The molecule has 0 aromatic heterocycles. The lowest BCUT2D eigenvalue weighted by Gasteiger charge is -2.44. The van der Waals surface area contributed by atoms with E-state index in [1.807, 2.05) is 0 Å². The number of esters is 4. The fraction of sp³-hybridized carbons (Fsp3) is 0.833. The van der Waals surface area contributed by atoms with E-state index in [1.165, 1.54) is 53.7 Å².